The second-order valence-corrected chi connectivity index (χ2v) is 8.30. The number of halogens is 3. The van der Waals surface area contributed by atoms with E-state index in [1.54, 1.807) is 18.2 Å². The second-order valence-electron chi connectivity index (χ2n) is 8.30. The first-order valence-electron chi connectivity index (χ1n) is 11.0. The number of rotatable bonds is 6. The van der Waals surface area contributed by atoms with Crippen molar-refractivity contribution in [3.8, 4) is 28.5 Å². The standard InChI is InChI=1S/C27H22F3N3O4/c1-5-23(34)32-17-9-10-22(36-25-15(2)7-6-8-16(25)3)19(11-17)21-14-33(4)26(35)20-13-31-24(12-18(20)21)37-27(28,29)30/h5-14H,1H2,2-4H3,(H,32,34). The van der Waals surface area contributed by atoms with Crippen molar-refractivity contribution in [2.24, 2.45) is 7.05 Å². The van der Waals surface area contributed by atoms with Gasteiger partial charge in [-0.15, -0.1) is 13.2 Å². The van der Waals surface area contributed by atoms with Gasteiger partial charge in [-0.2, -0.15) is 0 Å². The summed E-state index contributed by atoms with van der Waals surface area (Å²) in [7, 11) is 1.51. The van der Waals surface area contributed by atoms with E-state index < -0.39 is 23.7 Å². The Balaban J connectivity index is 1.99. The van der Waals surface area contributed by atoms with Crippen LogP contribution in [0.3, 0.4) is 0 Å². The molecule has 2 aromatic carbocycles. The molecule has 1 N–H and O–H groups in total. The number of fused-ring (bicyclic) bond motifs is 1. The van der Waals surface area contributed by atoms with Gasteiger partial charge in [-0.25, -0.2) is 4.98 Å². The summed E-state index contributed by atoms with van der Waals surface area (Å²) in [5, 5.41) is 2.91. The molecule has 7 nitrogen and oxygen atoms in total. The fraction of sp³-hybridized carbons (Fsp3) is 0.148. The van der Waals surface area contributed by atoms with E-state index in [0.29, 0.717) is 28.3 Å². The Labute approximate surface area is 209 Å². The summed E-state index contributed by atoms with van der Waals surface area (Å²) in [4.78, 5) is 28.4. The molecule has 0 aliphatic heterocycles. The van der Waals surface area contributed by atoms with Gasteiger partial charge >= 0.3 is 6.36 Å². The van der Waals surface area contributed by atoms with E-state index in [1.165, 1.54) is 17.8 Å². The summed E-state index contributed by atoms with van der Waals surface area (Å²) < 4.78 is 50.3. The summed E-state index contributed by atoms with van der Waals surface area (Å²) >= 11 is 0. The van der Waals surface area contributed by atoms with Crippen LogP contribution < -0.4 is 20.3 Å². The number of anilines is 1. The molecular formula is C27H22F3N3O4. The molecule has 0 radical (unpaired) electrons. The van der Waals surface area contributed by atoms with Gasteiger partial charge in [-0.1, -0.05) is 24.8 Å². The molecule has 0 aliphatic carbocycles. The van der Waals surface area contributed by atoms with E-state index in [1.807, 2.05) is 32.0 Å². The van der Waals surface area contributed by atoms with Crippen molar-refractivity contribution in [2.45, 2.75) is 20.2 Å². The number of pyridine rings is 2. The number of carbonyl (C=O) groups excluding carboxylic acids is 1. The molecular weight excluding hydrogens is 487 g/mol. The van der Waals surface area contributed by atoms with Crippen LogP contribution in [-0.4, -0.2) is 21.8 Å². The maximum atomic E-state index is 12.9. The smallest absolute Gasteiger partial charge is 0.456 e. The Morgan fingerprint density at radius 2 is 1.78 bits per heavy atom. The van der Waals surface area contributed by atoms with Crippen molar-refractivity contribution in [1.29, 1.82) is 0 Å². The van der Waals surface area contributed by atoms with Gasteiger partial charge in [0.25, 0.3) is 5.56 Å². The summed E-state index contributed by atoms with van der Waals surface area (Å²) in [6.45, 7) is 7.21. The summed E-state index contributed by atoms with van der Waals surface area (Å²) in [6, 6.07) is 11.6. The molecule has 2 aromatic heterocycles. The molecule has 190 valence electrons. The molecule has 4 aromatic rings. The van der Waals surface area contributed by atoms with E-state index in [4.69, 9.17) is 4.74 Å². The molecule has 0 bridgehead atoms. The lowest BCUT2D eigenvalue weighted by molar-refractivity contribution is -0.276. The predicted octanol–water partition coefficient (Wildman–Crippen LogP) is 6.03. The quantitative estimate of drug-likeness (QED) is 0.321. The minimum absolute atomic E-state index is 0.0769. The predicted molar refractivity (Wildman–Crippen MR) is 134 cm³/mol. The summed E-state index contributed by atoms with van der Waals surface area (Å²) in [5.74, 6) is -0.222. The highest BCUT2D eigenvalue weighted by molar-refractivity contribution is 6.01. The molecule has 0 atom stereocenters. The second kappa shape index (κ2) is 9.81. The number of ether oxygens (including phenoxy) is 2. The van der Waals surface area contributed by atoms with E-state index in [2.05, 4.69) is 21.6 Å². The number of aromatic nitrogens is 2. The third kappa shape index (κ3) is 5.48. The number of alkyl halides is 3. The van der Waals surface area contributed by atoms with Crippen LogP contribution in [0.5, 0.6) is 17.4 Å². The SMILES string of the molecule is C=CC(=O)Nc1ccc(Oc2c(C)cccc2C)c(-c2cn(C)c(=O)c3cnc(OC(F)(F)F)cc23)c1. The van der Waals surface area contributed by atoms with Gasteiger partial charge in [-0.3, -0.25) is 9.59 Å². The van der Waals surface area contributed by atoms with Crippen LogP contribution >= 0.6 is 0 Å². The van der Waals surface area contributed by atoms with Crippen LogP contribution in [0.1, 0.15) is 11.1 Å². The van der Waals surface area contributed by atoms with E-state index in [0.717, 1.165) is 29.5 Å². The summed E-state index contributed by atoms with van der Waals surface area (Å²) in [6.07, 6.45) is -1.34. The highest BCUT2D eigenvalue weighted by Gasteiger charge is 2.32. The normalized spacial score (nSPS) is 11.3. The van der Waals surface area contributed by atoms with Crippen molar-refractivity contribution in [2.75, 3.05) is 5.32 Å². The van der Waals surface area contributed by atoms with Gasteiger partial charge in [-0.05, 0) is 49.2 Å². The highest BCUT2D eigenvalue weighted by Crippen LogP contribution is 2.40. The number of hydrogen-bond donors (Lipinski definition) is 1. The lowest BCUT2D eigenvalue weighted by Crippen LogP contribution is -2.19. The Morgan fingerprint density at radius 3 is 2.43 bits per heavy atom. The van der Waals surface area contributed by atoms with Gasteiger partial charge < -0.3 is 19.4 Å². The third-order valence-electron chi connectivity index (χ3n) is 5.61. The fourth-order valence-electron chi connectivity index (χ4n) is 3.90. The van der Waals surface area contributed by atoms with E-state index in [9.17, 15) is 22.8 Å². The Bertz CT molecular complexity index is 1570. The van der Waals surface area contributed by atoms with Crippen molar-refractivity contribution in [1.82, 2.24) is 9.55 Å². The first-order valence-corrected chi connectivity index (χ1v) is 11.0. The lowest BCUT2D eigenvalue weighted by Gasteiger charge is -2.18. The number of benzene rings is 2. The van der Waals surface area contributed by atoms with Crippen LogP contribution in [0.4, 0.5) is 18.9 Å². The number of amides is 1. The van der Waals surface area contributed by atoms with Crippen molar-refractivity contribution in [3.63, 3.8) is 0 Å². The van der Waals surface area contributed by atoms with E-state index >= 15 is 0 Å². The van der Waals surface area contributed by atoms with Gasteiger partial charge in [0.2, 0.25) is 11.8 Å². The van der Waals surface area contributed by atoms with Crippen LogP contribution in [0.25, 0.3) is 21.9 Å². The molecule has 0 saturated heterocycles. The number of aryl methyl sites for hydroxylation is 3. The van der Waals surface area contributed by atoms with Gasteiger partial charge in [0.05, 0.1) is 5.39 Å². The van der Waals surface area contributed by atoms with Crippen LogP contribution in [-0.2, 0) is 11.8 Å². The minimum atomic E-state index is -4.97. The Morgan fingerprint density at radius 1 is 1.08 bits per heavy atom. The molecule has 0 fully saturated rings. The number of nitrogens with zero attached hydrogens (tertiary/aromatic N) is 2. The topological polar surface area (TPSA) is 82.5 Å². The van der Waals surface area contributed by atoms with Crippen LogP contribution in [0.15, 0.2) is 72.3 Å². The zero-order valence-corrected chi connectivity index (χ0v) is 20.1. The number of carbonyl (C=O) groups is 1. The molecule has 4 rings (SSSR count). The van der Waals surface area contributed by atoms with E-state index in [-0.39, 0.29) is 10.8 Å². The number of hydrogen-bond acceptors (Lipinski definition) is 5. The monoisotopic (exact) mass is 509 g/mol. The third-order valence-corrected chi connectivity index (χ3v) is 5.61. The molecule has 37 heavy (non-hydrogen) atoms. The van der Waals surface area contributed by atoms with Gasteiger partial charge in [0.15, 0.2) is 0 Å². The maximum Gasteiger partial charge on any atom is 0.574 e. The highest BCUT2D eigenvalue weighted by atomic mass is 19.4. The van der Waals surface area contributed by atoms with Gasteiger partial charge in [0, 0.05) is 47.7 Å². The molecule has 0 spiro atoms. The molecule has 1 amide bonds. The number of para-hydroxylation sites is 1. The average Bonchev–Trinajstić information content (AvgIpc) is 2.83. The molecule has 0 saturated carbocycles. The number of nitrogens with one attached hydrogen (secondary N) is 1. The summed E-state index contributed by atoms with van der Waals surface area (Å²) in [5.41, 5.74) is 2.43. The molecule has 0 aliphatic rings. The van der Waals surface area contributed by atoms with Crippen LogP contribution in [0, 0.1) is 13.8 Å². The Kier molecular flexibility index (Phi) is 6.76. The average molecular weight is 509 g/mol. The molecule has 2 heterocycles. The Hall–Kier alpha value is -4.60. The first kappa shape index (κ1) is 25.5. The maximum absolute atomic E-state index is 12.9. The van der Waals surface area contributed by atoms with Crippen molar-refractivity contribution >= 4 is 22.4 Å². The molecule has 0 unspecified atom stereocenters. The first-order chi connectivity index (χ1) is 17.5. The largest absolute Gasteiger partial charge is 0.574 e. The fourth-order valence-corrected chi connectivity index (χ4v) is 3.90. The minimum Gasteiger partial charge on any atom is -0.456 e. The lowest BCUT2D eigenvalue weighted by atomic mass is 10.00. The van der Waals surface area contributed by atoms with Crippen LogP contribution in [0.2, 0.25) is 0 Å². The zero-order valence-electron chi connectivity index (χ0n) is 20.1. The van der Waals surface area contributed by atoms with Gasteiger partial charge in [0.1, 0.15) is 11.5 Å². The molecule has 10 heteroatoms. The zero-order chi connectivity index (χ0) is 26.9. The van der Waals surface area contributed by atoms with Crippen molar-refractivity contribution < 1.29 is 27.4 Å². The van der Waals surface area contributed by atoms with Crippen molar-refractivity contribution in [3.05, 3.63) is 89.0 Å².